The van der Waals surface area contributed by atoms with E-state index in [0.717, 1.165) is 11.1 Å². The fourth-order valence-corrected chi connectivity index (χ4v) is 0.964. The molecule has 0 N–H and O–H groups in total. The average Bonchev–Trinajstić information content (AvgIpc) is 2.40. The zero-order valence-electron chi connectivity index (χ0n) is 12.2. The van der Waals surface area contributed by atoms with E-state index in [1.807, 2.05) is 58.9 Å². The summed E-state index contributed by atoms with van der Waals surface area (Å²) in [5, 5.41) is 0. The molecule has 0 aromatic rings. The van der Waals surface area contributed by atoms with E-state index in [2.05, 4.69) is 19.7 Å². The number of rotatable bonds is 5. The van der Waals surface area contributed by atoms with E-state index in [1.54, 1.807) is 18.2 Å². The quantitative estimate of drug-likeness (QED) is 0.508. The van der Waals surface area contributed by atoms with E-state index in [1.165, 1.54) is 0 Å². The highest BCUT2D eigenvalue weighted by Crippen LogP contribution is 2.12. The van der Waals surface area contributed by atoms with Gasteiger partial charge in [0, 0.05) is 0 Å². The second-order valence-corrected chi connectivity index (χ2v) is 2.42. The minimum absolute atomic E-state index is 1.05. The van der Waals surface area contributed by atoms with Gasteiger partial charge in [0.1, 0.15) is 0 Å². The first-order valence-electron chi connectivity index (χ1n) is 6.21. The molecule has 0 aliphatic carbocycles. The van der Waals surface area contributed by atoms with Gasteiger partial charge in [0.15, 0.2) is 0 Å². The molecule has 96 valence electrons. The Kier molecular flexibility index (Phi) is 24.4. The Morgan fingerprint density at radius 2 is 1.18 bits per heavy atom. The van der Waals surface area contributed by atoms with E-state index in [9.17, 15) is 0 Å². The molecule has 0 aliphatic heterocycles. The Bertz CT molecular complexity index is 272. The molecule has 0 spiro atoms. The first-order chi connectivity index (χ1) is 8.29. The van der Waals surface area contributed by atoms with Crippen LogP contribution >= 0.6 is 0 Å². The Morgan fingerprint density at radius 3 is 1.47 bits per heavy atom. The van der Waals surface area contributed by atoms with Crippen LogP contribution in [0.5, 0.6) is 0 Å². The maximum atomic E-state index is 3.74. The molecule has 0 amide bonds. The van der Waals surface area contributed by atoms with Crippen LogP contribution in [0.25, 0.3) is 0 Å². The lowest BCUT2D eigenvalue weighted by Crippen LogP contribution is -1.81. The lowest BCUT2D eigenvalue weighted by atomic mass is 10.0. The zero-order chi connectivity index (χ0) is 14.1. The van der Waals surface area contributed by atoms with Gasteiger partial charge < -0.3 is 0 Å². The third kappa shape index (κ3) is 12.4. The molecule has 0 bridgehead atoms. The summed E-state index contributed by atoms with van der Waals surface area (Å²) in [7, 11) is 0. The fraction of sp³-hybridized carbons (Fsp3) is 0.294. The summed E-state index contributed by atoms with van der Waals surface area (Å²) < 4.78 is 0. The summed E-state index contributed by atoms with van der Waals surface area (Å²) in [5.41, 5.74) is 2.14. The molecule has 0 rings (SSSR count). The van der Waals surface area contributed by atoms with Gasteiger partial charge in [-0.15, -0.1) is 0 Å². The second kappa shape index (κ2) is 19.9. The Morgan fingerprint density at radius 1 is 0.765 bits per heavy atom. The third-order valence-electron chi connectivity index (χ3n) is 1.49. The van der Waals surface area contributed by atoms with Crippen LogP contribution in [0.2, 0.25) is 0 Å². The van der Waals surface area contributed by atoms with Gasteiger partial charge in [-0.1, -0.05) is 90.0 Å². The molecule has 0 heterocycles. The van der Waals surface area contributed by atoms with E-state index >= 15 is 0 Å². The van der Waals surface area contributed by atoms with Crippen molar-refractivity contribution in [1.82, 2.24) is 0 Å². The third-order valence-corrected chi connectivity index (χ3v) is 1.49. The van der Waals surface area contributed by atoms with Crippen LogP contribution in [0.1, 0.15) is 34.6 Å². The Hall–Kier alpha value is -1.56. The monoisotopic (exact) mass is 232 g/mol. The van der Waals surface area contributed by atoms with E-state index in [4.69, 9.17) is 0 Å². The van der Waals surface area contributed by atoms with Crippen molar-refractivity contribution >= 4 is 0 Å². The van der Waals surface area contributed by atoms with Crippen molar-refractivity contribution in [2.75, 3.05) is 0 Å². The van der Waals surface area contributed by atoms with Crippen molar-refractivity contribution in [1.29, 1.82) is 0 Å². The minimum Gasteiger partial charge on any atom is -0.0990 e. The topological polar surface area (TPSA) is 0 Å². The molecule has 0 saturated heterocycles. The van der Waals surface area contributed by atoms with Gasteiger partial charge in [-0.25, -0.2) is 0 Å². The van der Waals surface area contributed by atoms with E-state index in [0.29, 0.717) is 0 Å². The summed E-state index contributed by atoms with van der Waals surface area (Å²) in [5.74, 6) is 0. The molecule has 0 atom stereocenters. The van der Waals surface area contributed by atoms with Crippen molar-refractivity contribution < 1.29 is 0 Å². The molecule has 0 aliphatic rings. The van der Waals surface area contributed by atoms with Crippen LogP contribution in [0, 0.1) is 0 Å². The van der Waals surface area contributed by atoms with Gasteiger partial charge >= 0.3 is 0 Å². The lowest BCUT2D eigenvalue weighted by Gasteiger charge is -2.00. The molecule has 0 heteroatoms. The average molecular weight is 232 g/mol. The Balaban J connectivity index is -0.000000439. The normalized spacial score (nSPS) is 10.6. The molecule has 17 heavy (non-hydrogen) atoms. The predicted molar refractivity (Wildman–Crippen MR) is 84.3 cm³/mol. The SMILES string of the molecule is C=C\C=C(C=C)/C(/C=C\C)=C\C=C.CC.CC. The van der Waals surface area contributed by atoms with E-state index in [-0.39, 0.29) is 0 Å². The maximum Gasteiger partial charge on any atom is -0.0188 e. The van der Waals surface area contributed by atoms with Crippen molar-refractivity contribution in [2.45, 2.75) is 34.6 Å². The standard InChI is InChI=1S/C13H16.2C2H6/c1-5-9-12(8-4)13(10-6-2)11-7-3;2*1-2/h5-11H,1-2,4H2,3H3;2*1-2H3/b11-7-,12-9-,13-10-;;. The van der Waals surface area contributed by atoms with Gasteiger partial charge in [-0.05, 0) is 18.1 Å². The van der Waals surface area contributed by atoms with Gasteiger partial charge in [0.25, 0.3) is 0 Å². The van der Waals surface area contributed by atoms with Crippen molar-refractivity contribution in [3.63, 3.8) is 0 Å². The van der Waals surface area contributed by atoms with Gasteiger partial charge in [0.2, 0.25) is 0 Å². The van der Waals surface area contributed by atoms with Crippen LogP contribution in [-0.4, -0.2) is 0 Å². The molecule has 0 aromatic carbocycles. The minimum atomic E-state index is 1.05. The van der Waals surface area contributed by atoms with Crippen molar-refractivity contribution in [2.24, 2.45) is 0 Å². The van der Waals surface area contributed by atoms with Gasteiger partial charge in [0.05, 0.1) is 0 Å². The molecule has 0 fully saturated rings. The second-order valence-electron chi connectivity index (χ2n) is 2.42. The zero-order valence-corrected chi connectivity index (χ0v) is 12.2. The highest BCUT2D eigenvalue weighted by Gasteiger charge is 1.93. The molecule has 0 nitrogen and oxygen atoms in total. The summed E-state index contributed by atoms with van der Waals surface area (Å²) in [6.45, 7) is 21.0. The summed E-state index contributed by atoms with van der Waals surface area (Å²) in [6, 6.07) is 0. The van der Waals surface area contributed by atoms with Crippen molar-refractivity contribution in [3.8, 4) is 0 Å². The summed E-state index contributed by atoms with van der Waals surface area (Å²) >= 11 is 0. The fourth-order valence-electron chi connectivity index (χ4n) is 0.964. The van der Waals surface area contributed by atoms with E-state index < -0.39 is 0 Å². The first-order valence-corrected chi connectivity index (χ1v) is 6.21. The number of allylic oxidation sites excluding steroid dienone is 9. The molecule has 0 aromatic heterocycles. The Labute approximate surface area is 108 Å². The number of hydrogen-bond donors (Lipinski definition) is 0. The molecular formula is C17H28. The highest BCUT2D eigenvalue weighted by molar-refractivity contribution is 5.48. The smallest absolute Gasteiger partial charge is 0.0188 e. The maximum absolute atomic E-state index is 3.74. The van der Waals surface area contributed by atoms with Gasteiger partial charge in [-0.2, -0.15) is 0 Å². The summed E-state index contributed by atoms with van der Waals surface area (Å²) in [6.07, 6.45) is 13.2. The van der Waals surface area contributed by atoms with Crippen molar-refractivity contribution in [3.05, 3.63) is 73.4 Å². The van der Waals surface area contributed by atoms with Crippen LogP contribution in [0.4, 0.5) is 0 Å². The van der Waals surface area contributed by atoms with Crippen LogP contribution in [-0.2, 0) is 0 Å². The predicted octanol–water partition coefficient (Wildman–Crippen LogP) is 6.03. The molecule has 0 saturated carbocycles. The lowest BCUT2D eigenvalue weighted by molar-refractivity contribution is 1.50. The van der Waals surface area contributed by atoms with Crippen LogP contribution in [0.15, 0.2) is 73.4 Å². The molecule has 0 unspecified atom stereocenters. The first kappa shape index (κ1) is 20.8. The van der Waals surface area contributed by atoms with Crippen LogP contribution in [0.3, 0.4) is 0 Å². The van der Waals surface area contributed by atoms with Gasteiger partial charge in [-0.3, -0.25) is 0 Å². The molecular weight excluding hydrogens is 204 g/mol. The number of hydrogen-bond acceptors (Lipinski definition) is 0. The largest absolute Gasteiger partial charge is 0.0990 e. The molecule has 0 radical (unpaired) electrons. The summed E-state index contributed by atoms with van der Waals surface area (Å²) in [4.78, 5) is 0. The van der Waals surface area contributed by atoms with Crippen LogP contribution < -0.4 is 0 Å². The highest BCUT2D eigenvalue weighted by atomic mass is 14.0.